The highest BCUT2D eigenvalue weighted by Gasteiger charge is 2.33. The molecule has 1 aliphatic heterocycles. The number of aromatic nitrogens is 2. The van der Waals surface area contributed by atoms with Crippen LogP contribution in [0.4, 0.5) is 22.7 Å². The first-order chi connectivity index (χ1) is 33.6. The Morgan fingerprint density at radius 1 is 0.380 bits per heavy atom. The number of nitrogens with zero attached hydrogens (tertiary/aromatic N) is 4. The van der Waals surface area contributed by atoms with E-state index >= 15 is 0 Å². The maximum absolute atomic E-state index is 7.11. The minimum atomic E-state index is -0.233. The second-order valence-corrected chi connectivity index (χ2v) is 24.0. The summed E-state index contributed by atoms with van der Waals surface area (Å²) in [6.07, 6.45) is 1.96. The molecular formula is C66H70N4O. The van der Waals surface area contributed by atoms with Crippen molar-refractivity contribution in [1.29, 1.82) is 0 Å². The Morgan fingerprint density at radius 3 is 1.55 bits per heavy atom. The van der Waals surface area contributed by atoms with Crippen LogP contribution in [0.2, 0.25) is 0 Å². The molecule has 360 valence electrons. The summed E-state index contributed by atoms with van der Waals surface area (Å²) >= 11 is 0. The van der Waals surface area contributed by atoms with Gasteiger partial charge in [0.2, 0.25) is 0 Å². The summed E-state index contributed by atoms with van der Waals surface area (Å²) < 4.78 is 9.45. The number of ether oxygens (including phenoxy) is 1. The molecule has 0 amide bonds. The zero-order chi connectivity index (χ0) is 50.3. The Kier molecular flexibility index (Phi) is 11.6. The number of rotatable bonds is 9. The van der Waals surface area contributed by atoms with Gasteiger partial charge in [-0.15, -0.1) is 0 Å². The van der Waals surface area contributed by atoms with Crippen LogP contribution >= 0.6 is 0 Å². The van der Waals surface area contributed by atoms with Gasteiger partial charge in [0.15, 0.2) is 0 Å². The predicted molar refractivity (Wildman–Crippen MR) is 300 cm³/mol. The zero-order valence-electron chi connectivity index (χ0n) is 44.1. The first-order valence-corrected chi connectivity index (χ1v) is 25.4. The molecule has 7 aromatic carbocycles. The number of benzene rings is 7. The van der Waals surface area contributed by atoms with Crippen LogP contribution in [0, 0.1) is 0 Å². The maximum atomic E-state index is 7.11. The van der Waals surface area contributed by atoms with Crippen LogP contribution in [-0.4, -0.2) is 16.2 Å². The third-order valence-corrected chi connectivity index (χ3v) is 15.2. The van der Waals surface area contributed by atoms with E-state index in [0.717, 1.165) is 39.4 Å². The second kappa shape index (κ2) is 17.3. The molecule has 0 spiro atoms. The Hall–Kier alpha value is -7.11. The van der Waals surface area contributed by atoms with Crippen molar-refractivity contribution in [3.05, 3.63) is 215 Å². The summed E-state index contributed by atoms with van der Waals surface area (Å²) in [5.74, 6) is 2.45. The number of fused-ring (bicyclic) bond motifs is 4. The first kappa shape index (κ1) is 47.6. The summed E-state index contributed by atoms with van der Waals surface area (Å²) in [6.45, 7) is 30.5. The third kappa shape index (κ3) is 8.90. The highest BCUT2D eigenvalue weighted by molar-refractivity contribution is 6.09. The number of hydrogen-bond donors (Lipinski definition) is 0. The van der Waals surface area contributed by atoms with Gasteiger partial charge in [-0.3, -0.25) is 4.57 Å². The standard InChI is InChI=1S/C66H70N4O/c1-62(2,3)46-25-20-26-51(35-46)68-43-69(57-32-28-48(39-60(57)68)65(10,11)44-21-16-14-17-22-44)52-36-50(64(7,8)9)37-54(41-52)71-53-29-31-56-55-30-27-47(63(4,5)6)38-58(55)70(59(56)42-53)61-40-49(33-34-67-61)66(12,13)45-23-18-15-19-24-45/h14-42H,43H2,1-13H3. The van der Waals surface area contributed by atoms with Crippen LogP contribution in [0.3, 0.4) is 0 Å². The van der Waals surface area contributed by atoms with E-state index in [-0.39, 0.29) is 27.1 Å². The molecule has 0 saturated carbocycles. The number of anilines is 4. The molecular weight excluding hydrogens is 865 g/mol. The smallest absolute Gasteiger partial charge is 0.137 e. The molecule has 10 rings (SSSR count). The van der Waals surface area contributed by atoms with Crippen molar-refractivity contribution >= 4 is 44.6 Å². The Morgan fingerprint density at radius 2 is 0.915 bits per heavy atom. The van der Waals surface area contributed by atoms with E-state index in [1.54, 1.807) is 0 Å². The van der Waals surface area contributed by atoms with Gasteiger partial charge in [-0.1, -0.05) is 181 Å². The van der Waals surface area contributed by atoms with Gasteiger partial charge in [0.1, 0.15) is 24.0 Å². The van der Waals surface area contributed by atoms with E-state index in [2.05, 4.69) is 274 Å². The molecule has 2 aromatic heterocycles. The summed E-state index contributed by atoms with van der Waals surface area (Å²) in [5.41, 5.74) is 15.0. The molecule has 0 fully saturated rings. The Labute approximate surface area is 422 Å². The van der Waals surface area contributed by atoms with Crippen molar-refractivity contribution in [2.75, 3.05) is 16.5 Å². The van der Waals surface area contributed by atoms with E-state index in [1.165, 1.54) is 61.4 Å². The molecule has 9 aromatic rings. The molecule has 3 heterocycles. The minimum Gasteiger partial charge on any atom is -0.457 e. The van der Waals surface area contributed by atoms with Crippen LogP contribution in [0.15, 0.2) is 176 Å². The van der Waals surface area contributed by atoms with Crippen LogP contribution in [0.1, 0.15) is 129 Å². The lowest BCUT2D eigenvalue weighted by molar-refractivity contribution is 0.479. The second-order valence-electron chi connectivity index (χ2n) is 24.0. The molecule has 71 heavy (non-hydrogen) atoms. The average molecular weight is 935 g/mol. The number of pyridine rings is 1. The van der Waals surface area contributed by atoms with E-state index < -0.39 is 0 Å². The fraction of sp³-hybridized carbons (Fsp3) is 0.288. The summed E-state index contributed by atoms with van der Waals surface area (Å²) in [7, 11) is 0. The van der Waals surface area contributed by atoms with Gasteiger partial charge in [-0.25, -0.2) is 4.98 Å². The molecule has 1 aliphatic rings. The lowest BCUT2D eigenvalue weighted by Gasteiger charge is -2.28. The molecule has 0 bridgehead atoms. The number of hydrogen-bond acceptors (Lipinski definition) is 4. The van der Waals surface area contributed by atoms with Crippen LogP contribution < -0.4 is 14.5 Å². The minimum absolute atomic E-state index is 0.00918. The molecule has 0 radical (unpaired) electrons. The quantitative estimate of drug-likeness (QED) is 0.144. The lowest BCUT2D eigenvalue weighted by atomic mass is 9.78. The third-order valence-electron chi connectivity index (χ3n) is 15.2. The van der Waals surface area contributed by atoms with Crippen molar-refractivity contribution in [1.82, 2.24) is 9.55 Å². The van der Waals surface area contributed by atoms with Gasteiger partial charge in [0.25, 0.3) is 0 Å². The SMILES string of the molecule is CC(C)(C)c1cccc(N2CN(c3cc(Oc4ccc5c6ccc(C(C)(C)C)cc6n(-c6cc(C(C)(C)c7ccccc7)ccn6)c5c4)cc(C(C)(C)C)c3)c3ccc(C(C)(C)c4ccccc4)cc32)c1. The summed E-state index contributed by atoms with van der Waals surface area (Å²) in [4.78, 5) is 10.0. The van der Waals surface area contributed by atoms with E-state index in [1.807, 2.05) is 6.20 Å². The van der Waals surface area contributed by atoms with Gasteiger partial charge in [-0.2, -0.15) is 0 Å². The average Bonchev–Trinajstić information content (AvgIpc) is 3.89. The topological polar surface area (TPSA) is 33.5 Å². The fourth-order valence-corrected chi connectivity index (χ4v) is 10.3. The van der Waals surface area contributed by atoms with Crippen LogP contribution in [0.5, 0.6) is 11.5 Å². The molecule has 5 heteroatoms. The normalized spacial score (nSPS) is 13.6. The Balaban J connectivity index is 1.09. The Bertz CT molecular complexity index is 3430. The van der Waals surface area contributed by atoms with Gasteiger partial charge >= 0.3 is 0 Å². The summed E-state index contributed by atoms with van der Waals surface area (Å²) in [6, 6.07) is 62.5. The molecule has 0 saturated heterocycles. The molecule has 5 nitrogen and oxygen atoms in total. The van der Waals surface area contributed by atoms with Crippen LogP contribution in [-0.2, 0) is 27.1 Å². The maximum Gasteiger partial charge on any atom is 0.137 e. The zero-order valence-corrected chi connectivity index (χ0v) is 44.1. The first-order valence-electron chi connectivity index (χ1n) is 25.4. The molecule has 0 aliphatic carbocycles. The van der Waals surface area contributed by atoms with E-state index in [4.69, 9.17) is 9.72 Å². The van der Waals surface area contributed by atoms with Gasteiger partial charge in [0.05, 0.1) is 22.4 Å². The van der Waals surface area contributed by atoms with Gasteiger partial charge in [-0.05, 0) is 122 Å². The van der Waals surface area contributed by atoms with Crippen LogP contribution in [0.25, 0.3) is 27.6 Å². The van der Waals surface area contributed by atoms with E-state index in [9.17, 15) is 0 Å². The summed E-state index contributed by atoms with van der Waals surface area (Å²) in [5, 5.41) is 2.34. The van der Waals surface area contributed by atoms with Crippen molar-refractivity contribution in [2.24, 2.45) is 0 Å². The highest BCUT2D eigenvalue weighted by Crippen LogP contribution is 2.49. The monoisotopic (exact) mass is 935 g/mol. The molecule has 0 unspecified atom stereocenters. The lowest BCUT2D eigenvalue weighted by Crippen LogP contribution is -2.25. The van der Waals surface area contributed by atoms with Gasteiger partial charge in [0, 0.05) is 51.3 Å². The van der Waals surface area contributed by atoms with Crippen molar-refractivity contribution in [3.8, 4) is 17.3 Å². The molecule has 0 atom stereocenters. The van der Waals surface area contributed by atoms with Crippen molar-refractivity contribution in [3.63, 3.8) is 0 Å². The highest BCUT2D eigenvalue weighted by atomic mass is 16.5. The molecule has 0 N–H and O–H groups in total. The van der Waals surface area contributed by atoms with E-state index in [0.29, 0.717) is 6.67 Å². The van der Waals surface area contributed by atoms with Crippen molar-refractivity contribution < 1.29 is 4.74 Å². The predicted octanol–water partition coefficient (Wildman–Crippen LogP) is 17.8. The van der Waals surface area contributed by atoms with Gasteiger partial charge < -0.3 is 14.5 Å². The van der Waals surface area contributed by atoms with Crippen molar-refractivity contribution in [2.45, 2.75) is 117 Å². The largest absolute Gasteiger partial charge is 0.457 e. The fourth-order valence-electron chi connectivity index (χ4n) is 10.3.